The highest BCUT2D eigenvalue weighted by molar-refractivity contribution is 7.25. The number of hydrogen-bond donors (Lipinski definition) is 0. The Balaban J connectivity index is 1.08. The van der Waals surface area contributed by atoms with Crippen LogP contribution in [0.25, 0.3) is 20.2 Å². The van der Waals surface area contributed by atoms with Crippen LogP contribution in [0.15, 0.2) is 140 Å². The SMILES string of the molecule is Cc1cc2c(cc1N1c3cc4c(cc3B3c5cc6c(cc5N(c5ccc7sc8ccccc8c7c5)c5cc(N7c8ccccc8C8(C)CCCCC78C)cc1c53)C(C)(C)CC6(C)C)C(C)(C)c1ccccc1C4(C)C)C(C)(C)CCC2(C)C. The molecule has 0 amide bonds. The molecule has 2 unspecified atom stereocenters. The molecule has 4 aliphatic carbocycles. The number of para-hydroxylation sites is 1. The largest absolute Gasteiger partial charge is 0.334 e. The van der Waals surface area contributed by atoms with E-state index in [-0.39, 0.29) is 50.2 Å². The zero-order valence-corrected chi connectivity index (χ0v) is 52.9. The maximum Gasteiger partial charge on any atom is 0.252 e. The van der Waals surface area contributed by atoms with Crippen LogP contribution >= 0.6 is 11.3 Å². The number of fused-ring (bicyclic) bond motifs is 14. The first-order valence-electron chi connectivity index (χ1n) is 31.5. The number of nitrogens with zero attached hydrogens (tertiary/aromatic N) is 3. The molecule has 3 aliphatic heterocycles. The van der Waals surface area contributed by atoms with Crippen molar-refractivity contribution < 1.29 is 0 Å². The summed E-state index contributed by atoms with van der Waals surface area (Å²) in [6.45, 7) is 37.6. The van der Waals surface area contributed by atoms with Crippen LogP contribution in [0, 0.1) is 6.92 Å². The zero-order valence-electron chi connectivity index (χ0n) is 52.1. The summed E-state index contributed by atoms with van der Waals surface area (Å²) in [7, 11) is 0. The number of rotatable bonds is 3. The lowest BCUT2D eigenvalue weighted by atomic mass is 9.32. The number of thiophene rings is 1. The summed E-state index contributed by atoms with van der Waals surface area (Å²) >= 11 is 1.92. The van der Waals surface area contributed by atoms with Crippen molar-refractivity contribution in [1.82, 2.24) is 0 Å². The highest BCUT2D eigenvalue weighted by Crippen LogP contribution is 2.63. The molecule has 1 fully saturated rings. The number of aryl methyl sites for hydroxylation is 1. The smallest absolute Gasteiger partial charge is 0.252 e. The molecular formula is C78H82BN3S. The van der Waals surface area contributed by atoms with E-state index in [0.717, 1.165) is 19.3 Å². The third-order valence-electron chi connectivity index (χ3n) is 23.6. The minimum Gasteiger partial charge on any atom is -0.334 e. The summed E-state index contributed by atoms with van der Waals surface area (Å²) in [6.07, 6.45) is 8.25. The molecule has 0 spiro atoms. The highest BCUT2D eigenvalue weighted by atomic mass is 32.1. The third-order valence-corrected chi connectivity index (χ3v) is 24.7. The van der Waals surface area contributed by atoms with E-state index in [1.807, 2.05) is 11.3 Å². The first-order valence-corrected chi connectivity index (χ1v) is 32.3. The molecule has 9 aromatic rings. The monoisotopic (exact) mass is 1100 g/mol. The molecule has 1 aromatic heterocycles. The molecule has 0 N–H and O–H groups in total. The van der Waals surface area contributed by atoms with Crippen molar-refractivity contribution in [2.24, 2.45) is 0 Å². The summed E-state index contributed by atoms with van der Waals surface area (Å²) in [4.78, 5) is 8.45. The van der Waals surface area contributed by atoms with Crippen LogP contribution in [0.2, 0.25) is 0 Å². The summed E-state index contributed by atoms with van der Waals surface area (Å²) in [5.74, 6) is 0. The molecule has 0 radical (unpaired) electrons. The standard InChI is InChI=1S/C78H82BN3S/c1-46-36-54-56(72(4,5)35-34-71(54,2)3)42-63(46)81-65-44-59-58(75(10,11)51-25-17-18-26-52(51)76(59,12)13)41-61(65)79-60-40-55-57(74(8,9)45-73(55,6)7)43-64(60)80(47-30-31-69-50(37-47)49-24-16-21-29-68(49)83-69)66-38-48(39-67(81)70(66)79)82-62-28-20-19-27-53(62)77(14)32-22-23-33-78(77,82)15/h16-21,24-31,36-44H,22-23,32-35,45H2,1-15H3. The Morgan fingerprint density at radius 3 is 1.60 bits per heavy atom. The molecule has 83 heavy (non-hydrogen) atoms. The van der Waals surface area contributed by atoms with Crippen molar-refractivity contribution in [3.05, 3.63) is 195 Å². The maximum atomic E-state index is 2.86. The topological polar surface area (TPSA) is 9.72 Å². The Morgan fingerprint density at radius 1 is 0.386 bits per heavy atom. The van der Waals surface area contributed by atoms with E-state index in [0.29, 0.717) is 0 Å². The van der Waals surface area contributed by atoms with Crippen LogP contribution in [-0.2, 0) is 37.9 Å². The highest BCUT2D eigenvalue weighted by Gasteiger charge is 2.59. The van der Waals surface area contributed by atoms with Gasteiger partial charge in [-0.15, -0.1) is 11.3 Å². The molecule has 2 atom stereocenters. The molecule has 3 nitrogen and oxygen atoms in total. The predicted molar refractivity (Wildman–Crippen MR) is 358 cm³/mol. The van der Waals surface area contributed by atoms with Crippen LogP contribution in [0.5, 0.6) is 0 Å². The van der Waals surface area contributed by atoms with E-state index in [1.54, 1.807) is 0 Å². The Hall–Kier alpha value is -6.56. The van der Waals surface area contributed by atoms with Gasteiger partial charge in [-0.25, -0.2) is 0 Å². The first-order chi connectivity index (χ1) is 39.3. The normalized spacial score (nSPS) is 23.6. The molecule has 5 heteroatoms. The van der Waals surface area contributed by atoms with Gasteiger partial charge in [0.15, 0.2) is 0 Å². The van der Waals surface area contributed by atoms with E-state index in [1.165, 1.54) is 163 Å². The van der Waals surface area contributed by atoms with Crippen molar-refractivity contribution in [3.8, 4) is 0 Å². The molecule has 16 rings (SSSR count). The number of hydrogen-bond acceptors (Lipinski definition) is 4. The van der Waals surface area contributed by atoms with Gasteiger partial charge in [0, 0.05) is 81.9 Å². The van der Waals surface area contributed by atoms with E-state index < -0.39 is 0 Å². The molecule has 0 saturated heterocycles. The van der Waals surface area contributed by atoms with E-state index in [9.17, 15) is 0 Å². The Bertz CT molecular complexity index is 4350. The fourth-order valence-corrected chi connectivity index (χ4v) is 20.0. The van der Waals surface area contributed by atoms with E-state index in [4.69, 9.17) is 0 Å². The van der Waals surface area contributed by atoms with E-state index >= 15 is 0 Å². The van der Waals surface area contributed by atoms with Crippen molar-refractivity contribution in [3.63, 3.8) is 0 Å². The molecule has 4 heterocycles. The molecular weight excluding hydrogens is 1020 g/mol. The average Bonchev–Trinajstić information content (AvgIpc) is 1.60. The molecule has 418 valence electrons. The lowest BCUT2D eigenvalue weighted by Crippen LogP contribution is -2.62. The fourth-order valence-electron chi connectivity index (χ4n) is 19.0. The maximum absolute atomic E-state index is 2.86. The lowest BCUT2D eigenvalue weighted by Gasteiger charge is -2.51. The van der Waals surface area contributed by atoms with Crippen LogP contribution in [0.3, 0.4) is 0 Å². The third kappa shape index (κ3) is 6.70. The average molecular weight is 1100 g/mol. The van der Waals surface area contributed by atoms with Gasteiger partial charge in [0.1, 0.15) is 0 Å². The summed E-state index contributed by atoms with van der Waals surface area (Å²) < 4.78 is 2.68. The van der Waals surface area contributed by atoms with Gasteiger partial charge in [0.05, 0.1) is 5.54 Å². The minimum atomic E-state index is -0.242. The van der Waals surface area contributed by atoms with Gasteiger partial charge in [-0.3, -0.25) is 0 Å². The Labute approximate surface area is 499 Å². The van der Waals surface area contributed by atoms with Crippen molar-refractivity contribution >= 4 is 100 Å². The Kier molecular flexibility index (Phi) is 10.3. The quantitative estimate of drug-likeness (QED) is 0.163. The van der Waals surface area contributed by atoms with Crippen molar-refractivity contribution in [1.29, 1.82) is 0 Å². The van der Waals surface area contributed by atoms with Crippen molar-refractivity contribution in [2.45, 2.75) is 192 Å². The predicted octanol–water partition coefficient (Wildman–Crippen LogP) is 19.5. The number of benzene rings is 8. The van der Waals surface area contributed by atoms with Gasteiger partial charge in [-0.05, 0) is 200 Å². The van der Waals surface area contributed by atoms with Gasteiger partial charge in [-0.1, -0.05) is 182 Å². The second kappa shape index (κ2) is 16.4. The second-order valence-corrected chi connectivity index (χ2v) is 32.1. The molecule has 0 bridgehead atoms. The zero-order chi connectivity index (χ0) is 57.7. The second-order valence-electron chi connectivity index (χ2n) is 31.1. The van der Waals surface area contributed by atoms with Crippen LogP contribution < -0.4 is 31.1 Å². The van der Waals surface area contributed by atoms with E-state index in [2.05, 4.69) is 258 Å². The first kappa shape index (κ1) is 52.0. The lowest BCUT2D eigenvalue weighted by molar-refractivity contribution is 0.195. The summed E-state index contributed by atoms with van der Waals surface area (Å²) in [5.41, 5.74) is 28.7. The van der Waals surface area contributed by atoms with Crippen molar-refractivity contribution in [2.75, 3.05) is 14.7 Å². The molecule has 7 aliphatic rings. The summed E-state index contributed by atoms with van der Waals surface area (Å²) in [5, 5.41) is 2.67. The van der Waals surface area contributed by atoms with Gasteiger partial charge in [-0.2, -0.15) is 0 Å². The number of anilines is 8. The fraction of sp³-hybridized carbons (Fsp3) is 0.385. The molecule has 1 saturated carbocycles. The van der Waals surface area contributed by atoms with Crippen LogP contribution in [-0.4, -0.2) is 12.3 Å². The Morgan fingerprint density at radius 2 is 0.904 bits per heavy atom. The van der Waals surface area contributed by atoms with Gasteiger partial charge < -0.3 is 14.7 Å². The minimum absolute atomic E-state index is 0.00132. The van der Waals surface area contributed by atoms with Gasteiger partial charge >= 0.3 is 0 Å². The van der Waals surface area contributed by atoms with Crippen LogP contribution in [0.4, 0.5) is 45.5 Å². The van der Waals surface area contributed by atoms with Crippen LogP contribution in [0.1, 0.15) is 198 Å². The molecule has 8 aromatic carbocycles. The summed E-state index contributed by atoms with van der Waals surface area (Å²) in [6, 6.07) is 57.0. The van der Waals surface area contributed by atoms with Gasteiger partial charge in [0.25, 0.3) is 6.71 Å². The van der Waals surface area contributed by atoms with Gasteiger partial charge in [0.2, 0.25) is 0 Å².